The number of benzene rings is 2. The van der Waals surface area contributed by atoms with Crippen LogP contribution in [0.1, 0.15) is 16.7 Å². The van der Waals surface area contributed by atoms with E-state index < -0.39 is 5.97 Å². The van der Waals surface area contributed by atoms with Crippen molar-refractivity contribution >= 4 is 18.0 Å². The van der Waals surface area contributed by atoms with Gasteiger partial charge in [-0.1, -0.05) is 36.4 Å². The second kappa shape index (κ2) is 9.42. The summed E-state index contributed by atoms with van der Waals surface area (Å²) in [4.78, 5) is 25.4. The molecule has 0 N–H and O–H groups in total. The molecule has 0 unspecified atom stereocenters. The number of esters is 1. The van der Waals surface area contributed by atoms with Crippen molar-refractivity contribution in [3.8, 4) is 5.75 Å². The highest BCUT2D eigenvalue weighted by Gasteiger charge is 2.12. The van der Waals surface area contributed by atoms with Gasteiger partial charge in [0.1, 0.15) is 5.75 Å². The Hall–Kier alpha value is -3.08. The van der Waals surface area contributed by atoms with Crippen LogP contribution >= 0.6 is 0 Å². The van der Waals surface area contributed by atoms with Crippen molar-refractivity contribution in [1.29, 1.82) is 0 Å². The zero-order chi connectivity index (χ0) is 18.9. The Labute approximate surface area is 153 Å². The third kappa shape index (κ3) is 5.77. The van der Waals surface area contributed by atoms with Gasteiger partial charge < -0.3 is 14.4 Å². The lowest BCUT2D eigenvalue weighted by Gasteiger charge is -2.18. The van der Waals surface area contributed by atoms with Gasteiger partial charge in [-0.05, 0) is 41.8 Å². The molecule has 2 aromatic rings. The molecule has 2 aromatic carbocycles. The Morgan fingerprint density at radius 2 is 1.77 bits per heavy atom. The number of hydrogen-bond donors (Lipinski definition) is 0. The van der Waals surface area contributed by atoms with Crippen molar-refractivity contribution in [3.05, 3.63) is 71.3 Å². The fraction of sp³-hybridized carbons (Fsp3) is 0.238. The fourth-order valence-corrected chi connectivity index (χ4v) is 2.30. The van der Waals surface area contributed by atoms with Crippen molar-refractivity contribution in [2.24, 2.45) is 0 Å². The summed E-state index contributed by atoms with van der Waals surface area (Å²) in [7, 11) is 3.28. The molecule has 0 saturated carbocycles. The Kier molecular flexibility index (Phi) is 6.97. The summed E-state index contributed by atoms with van der Waals surface area (Å²) in [6.07, 6.45) is 2.93. The quantitative estimate of drug-likeness (QED) is 0.566. The molecule has 0 radical (unpaired) electrons. The van der Waals surface area contributed by atoms with E-state index in [0.717, 1.165) is 22.4 Å². The average Bonchev–Trinajstić information content (AvgIpc) is 2.66. The third-order valence-corrected chi connectivity index (χ3v) is 3.96. The van der Waals surface area contributed by atoms with E-state index in [2.05, 4.69) is 0 Å². The van der Waals surface area contributed by atoms with Gasteiger partial charge in [0, 0.05) is 19.7 Å². The van der Waals surface area contributed by atoms with E-state index in [1.54, 1.807) is 37.3 Å². The summed E-state index contributed by atoms with van der Waals surface area (Å²) < 4.78 is 10.1. The third-order valence-electron chi connectivity index (χ3n) is 3.96. The molecule has 136 valence electrons. The second-order valence-electron chi connectivity index (χ2n) is 5.89. The van der Waals surface area contributed by atoms with Crippen molar-refractivity contribution < 1.29 is 19.1 Å². The Balaban J connectivity index is 1.81. The molecule has 5 nitrogen and oxygen atoms in total. The van der Waals surface area contributed by atoms with Crippen LogP contribution in [0.2, 0.25) is 0 Å². The van der Waals surface area contributed by atoms with Crippen LogP contribution in [-0.2, 0) is 20.9 Å². The molecule has 0 heterocycles. The maximum absolute atomic E-state index is 12.1. The smallest absolute Gasteiger partial charge is 0.331 e. The van der Waals surface area contributed by atoms with Crippen LogP contribution in [0, 0.1) is 6.92 Å². The Morgan fingerprint density at radius 1 is 1.08 bits per heavy atom. The minimum atomic E-state index is -0.557. The van der Waals surface area contributed by atoms with Crippen LogP contribution < -0.4 is 4.74 Å². The summed E-state index contributed by atoms with van der Waals surface area (Å²) in [6, 6.07) is 15.1. The van der Waals surface area contributed by atoms with Crippen molar-refractivity contribution in [3.63, 3.8) is 0 Å². The predicted molar refractivity (Wildman–Crippen MR) is 101 cm³/mol. The van der Waals surface area contributed by atoms with Crippen LogP contribution in [0.5, 0.6) is 5.75 Å². The van der Waals surface area contributed by atoms with Crippen molar-refractivity contribution in [2.45, 2.75) is 13.5 Å². The first-order valence-corrected chi connectivity index (χ1v) is 8.27. The molecule has 0 aliphatic carbocycles. The molecule has 0 fully saturated rings. The molecule has 1 amide bonds. The van der Waals surface area contributed by atoms with Crippen molar-refractivity contribution in [1.82, 2.24) is 4.90 Å². The zero-order valence-corrected chi connectivity index (χ0v) is 15.3. The topological polar surface area (TPSA) is 55.8 Å². The number of methoxy groups -OCH3 is 1. The lowest BCUT2D eigenvalue weighted by molar-refractivity contribution is -0.147. The van der Waals surface area contributed by atoms with Gasteiger partial charge in [-0.2, -0.15) is 0 Å². The van der Waals surface area contributed by atoms with E-state index in [9.17, 15) is 9.59 Å². The van der Waals surface area contributed by atoms with Gasteiger partial charge in [-0.15, -0.1) is 0 Å². The lowest BCUT2D eigenvalue weighted by atomic mass is 10.1. The number of amides is 1. The summed E-state index contributed by atoms with van der Waals surface area (Å²) in [5.74, 6) is -0.0649. The number of rotatable bonds is 7. The minimum Gasteiger partial charge on any atom is -0.497 e. The normalized spacial score (nSPS) is 10.6. The SMILES string of the molecule is COc1ccc(/C=C/C(=O)OCC(=O)N(C)Cc2ccccc2C)cc1. The van der Waals surface area contributed by atoms with E-state index in [1.165, 1.54) is 6.08 Å². The van der Waals surface area contributed by atoms with Crippen molar-refractivity contribution in [2.75, 3.05) is 20.8 Å². The highest BCUT2D eigenvalue weighted by atomic mass is 16.5. The molecular formula is C21H23NO4. The summed E-state index contributed by atoms with van der Waals surface area (Å²) >= 11 is 0. The van der Waals surface area contributed by atoms with Crippen LogP contribution in [0.4, 0.5) is 0 Å². The number of likely N-dealkylation sites (N-methyl/N-ethyl adjacent to an activating group) is 1. The number of carbonyl (C=O) groups is 2. The number of nitrogens with zero attached hydrogens (tertiary/aromatic N) is 1. The van der Waals surface area contributed by atoms with E-state index in [4.69, 9.17) is 9.47 Å². The van der Waals surface area contributed by atoms with Gasteiger partial charge in [0.25, 0.3) is 5.91 Å². The average molecular weight is 353 g/mol. The highest BCUT2D eigenvalue weighted by Crippen LogP contribution is 2.12. The minimum absolute atomic E-state index is 0.251. The Morgan fingerprint density at radius 3 is 2.42 bits per heavy atom. The Bertz CT molecular complexity index is 781. The number of hydrogen-bond acceptors (Lipinski definition) is 4. The monoisotopic (exact) mass is 353 g/mol. The second-order valence-corrected chi connectivity index (χ2v) is 5.89. The standard InChI is InChI=1S/C21H23NO4/c1-16-6-4-5-7-18(16)14-22(2)20(23)15-26-21(24)13-10-17-8-11-19(25-3)12-9-17/h4-13H,14-15H2,1-3H3/b13-10+. The number of aryl methyl sites for hydroxylation is 1. The molecule has 0 spiro atoms. The molecule has 0 saturated heterocycles. The van der Waals surface area contributed by atoms with Gasteiger partial charge in [-0.3, -0.25) is 4.79 Å². The first-order chi connectivity index (χ1) is 12.5. The maximum atomic E-state index is 12.1. The molecule has 5 heteroatoms. The highest BCUT2D eigenvalue weighted by molar-refractivity contribution is 5.89. The van der Waals surface area contributed by atoms with Crippen LogP contribution in [-0.4, -0.2) is 37.5 Å². The van der Waals surface area contributed by atoms with Gasteiger partial charge >= 0.3 is 5.97 Å². The molecule has 2 rings (SSSR count). The molecule has 0 atom stereocenters. The van der Waals surface area contributed by atoms with Gasteiger partial charge in [0.05, 0.1) is 7.11 Å². The first-order valence-electron chi connectivity index (χ1n) is 8.27. The molecule has 0 bridgehead atoms. The van der Waals surface area contributed by atoms with Crippen LogP contribution in [0.3, 0.4) is 0 Å². The maximum Gasteiger partial charge on any atom is 0.331 e. The summed E-state index contributed by atoms with van der Waals surface area (Å²) in [5.41, 5.74) is 3.02. The van der Waals surface area contributed by atoms with E-state index in [1.807, 2.05) is 43.3 Å². The van der Waals surface area contributed by atoms with Crippen LogP contribution in [0.15, 0.2) is 54.6 Å². The van der Waals surface area contributed by atoms with Gasteiger partial charge in [-0.25, -0.2) is 4.79 Å². The molecule has 26 heavy (non-hydrogen) atoms. The molecule has 0 aliphatic rings. The van der Waals surface area contributed by atoms with Crippen LogP contribution in [0.25, 0.3) is 6.08 Å². The molecule has 0 aromatic heterocycles. The predicted octanol–water partition coefficient (Wildman–Crippen LogP) is 3.22. The zero-order valence-electron chi connectivity index (χ0n) is 15.3. The summed E-state index contributed by atoms with van der Waals surface area (Å²) in [6.45, 7) is 2.19. The molecule has 0 aliphatic heterocycles. The fourth-order valence-electron chi connectivity index (χ4n) is 2.30. The van der Waals surface area contributed by atoms with Gasteiger partial charge in [0.2, 0.25) is 0 Å². The first kappa shape index (κ1) is 19.2. The summed E-state index contributed by atoms with van der Waals surface area (Å²) in [5, 5.41) is 0. The van der Waals surface area contributed by atoms with E-state index in [0.29, 0.717) is 6.54 Å². The molecular weight excluding hydrogens is 330 g/mol. The van der Waals surface area contributed by atoms with E-state index in [-0.39, 0.29) is 12.5 Å². The van der Waals surface area contributed by atoms with Gasteiger partial charge in [0.15, 0.2) is 6.61 Å². The van der Waals surface area contributed by atoms with E-state index >= 15 is 0 Å². The number of carbonyl (C=O) groups excluding carboxylic acids is 2. The number of ether oxygens (including phenoxy) is 2. The largest absolute Gasteiger partial charge is 0.497 e. The lowest BCUT2D eigenvalue weighted by Crippen LogP contribution is -2.30.